The second-order valence-electron chi connectivity index (χ2n) is 6.73. The van der Waals surface area contributed by atoms with E-state index in [0.29, 0.717) is 0 Å². The van der Waals surface area contributed by atoms with Gasteiger partial charge in [-0.05, 0) is 26.7 Å². The fourth-order valence-corrected chi connectivity index (χ4v) is 3.49. The minimum absolute atomic E-state index is 0.0786. The first-order chi connectivity index (χ1) is 12.2. The third-order valence-corrected chi connectivity index (χ3v) is 5.04. The molecule has 0 amide bonds. The highest BCUT2D eigenvalue weighted by molar-refractivity contribution is 5.68. The zero-order chi connectivity index (χ0) is 17.4. The van der Waals surface area contributed by atoms with Crippen molar-refractivity contribution < 1.29 is 0 Å². The molecule has 3 heterocycles. The maximum Gasteiger partial charge on any atom is 0.161 e. The summed E-state index contributed by atoms with van der Waals surface area (Å²) in [5, 5.41) is 14.0. The van der Waals surface area contributed by atoms with Crippen molar-refractivity contribution in [1.82, 2.24) is 14.6 Å². The lowest BCUT2D eigenvalue weighted by Gasteiger charge is -2.31. The number of benzene rings is 1. The average Bonchev–Trinajstić information content (AvgIpc) is 2.96. The van der Waals surface area contributed by atoms with E-state index in [4.69, 9.17) is 10.1 Å². The lowest BCUT2D eigenvalue weighted by molar-refractivity contribution is 0.488. The number of anilines is 1. The van der Waals surface area contributed by atoms with Crippen LogP contribution in [0.1, 0.15) is 24.1 Å². The Hall–Kier alpha value is -2.87. The standard InChI is InChI=1S/C20H21N5/c1-14-15(2)23-25-19(24-10-6-7-16(12-21)13-24)11-18(22-20(14)25)17-8-4-3-5-9-17/h3-5,8-9,11,16H,6-7,10,13H2,1-2H3/t16-/m1/s1. The zero-order valence-corrected chi connectivity index (χ0v) is 14.6. The lowest BCUT2D eigenvalue weighted by Crippen LogP contribution is -2.36. The molecule has 0 saturated carbocycles. The summed E-state index contributed by atoms with van der Waals surface area (Å²) in [4.78, 5) is 7.15. The van der Waals surface area contributed by atoms with Gasteiger partial charge in [0.05, 0.1) is 23.4 Å². The Balaban J connectivity index is 1.90. The fraction of sp³-hybridized carbons (Fsp3) is 0.350. The van der Waals surface area contributed by atoms with Crippen molar-refractivity contribution in [2.75, 3.05) is 18.0 Å². The van der Waals surface area contributed by atoms with Crippen LogP contribution in [0.3, 0.4) is 0 Å². The fourth-order valence-electron chi connectivity index (χ4n) is 3.49. The average molecular weight is 331 g/mol. The molecule has 126 valence electrons. The minimum Gasteiger partial charge on any atom is -0.355 e. The first-order valence-corrected chi connectivity index (χ1v) is 8.74. The molecule has 1 aliphatic rings. The highest BCUT2D eigenvalue weighted by Gasteiger charge is 2.23. The molecule has 5 nitrogen and oxygen atoms in total. The van der Waals surface area contributed by atoms with Gasteiger partial charge in [-0.3, -0.25) is 0 Å². The predicted octanol–water partition coefficient (Wildman–Crippen LogP) is 3.75. The number of rotatable bonds is 2. The van der Waals surface area contributed by atoms with Crippen molar-refractivity contribution in [2.45, 2.75) is 26.7 Å². The van der Waals surface area contributed by atoms with Crippen LogP contribution in [0, 0.1) is 31.1 Å². The van der Waals surface area contributed by atoms with Gasteiger partial charge in [0.1, 0.15) is 5.82 Å². The molecule has 0 bridgehead atoms. The van der Waals surface area contributed by atoms with E-state index in [9.17, 15) is 5.26 Å². The topological polar surface area (TPSA) is 57.2 Å². The normalized spacial score (nSPS) is 17.6. The van der Waals surface area contributed by atoms with Crippen LogP contribution in [-0.2, 0) is 0 Å². The Morgan fingerprint density at radius 1 is 1.20 bits per heavy atom. The van der Waals surface area contributed by atoms with Gasteiger partial charge in [-0.1, -0.05) is 30.3 Å². The Morgan fingerprint density at radius 2 is 2.00 bits per heavy atom. The molecule has 1 atom stereocenters. The van der Waals surface area contributed by atoms with Gasteiger partial charge in [-0.2, -0.15) is 14.9 Å². The van der Waals surface area contributed by atoms with Gasteiger partial charge in [0.15, 0.2) is 5.65 Å². The maximum absolute atomic E-state index is 9.34. The van der Waals surface area contributed by atoms with Gasteiger partial charge in [-0.25, -0.2) is 4.98 Å². The number of aryl methyl sites for hydroxylation is 2. The first-order valence-electron chi connectivity index (χ1n) is 8.74. The van der Waals surface area contributed by atoms with Crippen LogP contribution in [0.2, 0.25) is 0 Å². The minimum atomic E-state index is 0.0786. The van der Waals surface area contributed by atoms with Crippen molar-refractivity contribution in [3.05, 3.63) is 47.7 Å². The maximum atomic E-state index is 9.34. The van der Waals surface area contributed by atoms with Gasteiger partial charge in [-0.15, -0.1) is 0 Å². The molecule has 1 fully saturated rings. The van der Waals surface area contributed by atoms with E-state index in [-0.39, 0.29) is 5.92 Å². The third kappa shape index (κ3) is 2.74. The van der Waals surface area contributed by atoms with Gasteiger partial charge in [0.2, 0.25) is 0 Å². The largest absolute Gasteiger partial charge is 0.355 e. The molecule has 2 aromatic heterocycles. The second-order valence-corrected chi connectivity index (χ2v) is 6.73. The number of fused-ring (bicyclic) bond motifs is 1. The first kappa shape index (κ1) is 15.6. The molecule has 3 aromatic rings. The van der Waals surface area contributed by atoms with Crippen LogP contribution in [0.15, 0.2) is 36.4 Å². The number of hydrogen-bond acceptors (Lipinski definition) is 4. The molecule has 4 rings (SSSR count). The highest BCUT2D eigenvalue weighted by Crippen LogP contribution is 2.29. The Kier molecular flexibility index (Phi) is 3.89. The van der Waals surface area contributed by atoms with E-state index in [1.165, 1.54) is 0 Å². The summed E-state index contributed by atoms with van der Waals surface area (Å²) < 4.78 is 1.94. The van der Waals surface area contributed by atoms with Crippen LogP contribution in [0.25, 0.3) is 16.9 Å². The van der Waals surface area contributed by atoms with Crippen LogP contribution in [0.4, 0.5) is 5.82 Å². The SMILES string of the molecule is Cc1nn2c(N3CCC[C@H](C#N)C3)cc(-c3ccccc3)nc2c1C. The molecule has 0 aliphatic carbocycles. The highest BCUT2D eigenvalue weighted by atomic mass is 15.4. The third-order valence-electron chi connectivity index (χ3n) is 5.04. The summed E-state index contributed by atoms with van der Waals surface area (Å²) in [6.45, 7) is 5.78. The van der Waals surface area contributed by atoms with Crippen molar-refractivity contribution in [3.8, 4) is 17.3 Å². The van der Waals surface area contributed by atoms with Gasteiger partial charge in [0.25, 0.3) is 0 Å². The van der Waals surface area contributed by atoms with Crippen molar-refractivity contribution in [2.24, 2.45) is 5.92 Å². The van der Waals surface area contributed by atoms with E-state index in [1.807, 2.05) is 29.6 Å². The van der Waals surface area contributed by atoms with E-state index in [0.717, 1.165) is 59.9 Å². The molecular formula is C20H21N5. The van der Waals surface area contributed by atoms with Crippen LogP contribution < -0.4 is 4.90 Å². The second kappa shape index (κ2) is 6.21. The zero-order valence-electron chi connectivity index (χ0n) is 14.6. The monoisotopic (exact) mass is 331 g/mol. The van der Waals surface area contributed by atoms with E-state index >= 15 is 0 Å². The molecule has 1 aromatic carbocycles. The summed E-state index contributed by atoms with van der Waals surface area (Å²) in [6, 6.07) is 14.8. The predicted molar refractivity (Wildman–Crippen MR) is 98.4 cm³/mol. The molecule has 0 radical (unpaired) electrons. The number of nitrogens with zero attached hydrogens (tertiary/aromatic N) is 5. The van der Waals surface area contributed by atoms with Crippen molar-refractivity contribution in [3.63, 3.8) is 0 Å². The van der Waals surface area contributed by atoms with E-state index in [1.54, 1.807) is 0 Å². The summed E-state index contributed by atoms with van der Waals surface area (Å²) >= 11 is 0. The molecule has 25 heavy (non-hydrogen) atoms. The molecule has 1 saturated heterocycles. The quantitative estimate of drug-likeness (QED) is 0.717. The number of aromatic nitrogens is 3. The van der Waals surface area contributed by atoms with E-state index in [2.05, 4.69) is 36.1 Å². The summed E-state index contributed by atoms with van der Waals surface area (Å²) in [6.07, 6.45) is 2.01. The number of piperidine rings is 1. The van der Waals surface area contributed by atoms with Gasteiger partial charge >= 0.3 is 0 Å². The molecule has 0 unspecified atom stereocenters. The van der Waals surface area contributed by atoms with Crippen molar-refractivity contribution in [1.29, 1.82) is 5.26 Å². The molecule has 1 aliphatic heterocycles. The van der Waals surface area contributed by atoms with E-state index < -0.39 is 0 Å². The summed E-state index contributed by atoms with van der Waals surface area (Å²) in [5.41, 5.74) is 5.04. The van der Waals surface area contributed by atoms with Gasteiger partial charge < -0.3 is 4.90 Å². The Morgan fingerprint density at radius 3 is 2.76 bits per heavy atom. The van der Waals surface area contributed by atoms with Gasteiger partial charge in [0, 0.05) is 30.3 Å². The lowest BCUT2D eigenvalue weighted by atomic mass is 9.99. The summed E-state index contributed by atoms with van der Waals surface area (Å²) in [5.74, 6) is 1.11. The Labute approximate surface area is 147 Å². The van der Waals surface area contributed by atoms with Crippen LogP contribution in [0.5, 0.6) is 0 Å². The molecule has 5 heteroatoms. The van der Waals surface area contributed by atoms with Crippen LogP contribution >= 0.6 is 0 Å². The Bertz CT molecular complexity index is 952. The number of nitriles is 1. The number of hydrogen-bond donors (Lipinski definition) is 0. The smallest absolute Gasteiger partial charge is 0.161 e. The molecule has 0 spiro atoms. The van der Waals surface area contributed by atoms with Crippen molar-refractivity contribution >= 4 is 11.5 Å². The molecular weight excluding hydrogens is 310 g/mol. The van der Waals surface area contributed by atoms with Crippen LogP contribution in [-0.4, -0.2) is 27.7 Å². The molecule has 0 N–H and O–H groups in total. The summed E-state index contributed by atoms with van der Waals surface area (Å²) in [7, 11) is 0.